The summed E-state index contributed by atoms with van der Waals surface area (Å²) in [5.74, 6) is 0.354. The maximum Gasteiger partial charge on any atom is 0.251 e. The minimum atomic E-state index is -0.311. The van der Waals surface area contributed by atoms with Gasteiger partial charge in [0, 0.05) is 12.1 Å². The van der Waals surface area contributed by atoms with Crippen LogP contribution in [0, 0.1) is 11.7 Å². The van der Waals surface area contributed by atoms with Crippen LogP contribution in [-0.4, -0.2) is 12.5 Å². The van der Waals surface area contributed by atoms with E-state index < -0.39 is 0 Å². The zero-order valence-electron chi connectivity index (χ0n) is 10.6. The molecule has 2 rings (SSSR count). The molecule has 18 heavy (non-hydrogen) atoms. The Bertz CT molecular complexity index is 382. The molecule has 3 heteroatoms. The number of carbonyl (C=O) groups excluding carboxylic acids is 1. The van der Waals surface area contributed by atoms with Crippen molar-refractivity contribution in [3.8, 4) is 0 Å². The molecule has 0 saturated heterocycles. The van der Waals surface area contributed by atoms with Crippen LogP contribution in [0.25, 0.3) is 0 Å². The highest BCUT2D eigenvalue weighted by molar-refractivity contribution is 5.94. The van der Waals surface area contributed by atoms with Gasteiger partial charge < -0.3 is 5.32 Å². The van der Waals surface area contributed by atoms with Gasteiger partial charge in [0.25, 0.3) is 5.91 Å². The zero-order chi connectivity index (χ0) is 12.8. The normalized spacial score (nSPS) is 16.5. The summed E-state index contributed by atoms with van der Waals surface area (Å²) in [5.41, 5.74) is 0.528. The molecule has 0 unspecified atom stereocenters. The van der Waals surface area contributed by atoms with Gasteiger partial charge in [-0.15, -0.1) is 0 Å². The molecule has 1 fully saturated rings. The van der Waals surface area contributed by atoms with Crippen molar-refractivity contribution < 1.29 is 9.18 Å². The Hall–Kier alpha value is -1.38. The van der Waals surface area contributed by atoms with E-state index in [2.05, 4.69) is 5.32 Å². The first-order valence-corrected chi connectivity index (χ1v) is 6.79. The number of benzene rings is 1. The second-order valence-electron chi connectivity index (χ2n) is 5.06. The van der Waals surface area contributed by atoms with E-state index in [4.69, 9.17) is 0 Å². The summed E-state index contributed by atoms with van der Waals surface area (Å²) in [6.45, 7) is 0.723. The Morgan fingerprint density at radius 1 is 1.17 bits per heavy atom. The summed E-state index contributed by atoms with van der Waals surface area (Å²) in [5, 5.41) is 2.90. The summed E-state index contributed by atoms with van der Waals surface area (Å²) in [4.78, 5) is 11.8. The van der Waals surface area contributed by atoms with E-state index in [0.29, 0.717) is 5.56 Å². The fourth-order valence-electron chi connectivity index (χ4n) is 2.57. The lowest BCUT2D eigenvalue weighted by molar-refractivity contribution is 0.0950. The van der Waals surface area contributed by atoms with Crippen LogP contribution in [0.4, 0.5) is 4.39 Å². The largest absolute Gasteiger partial charge is 0.352 e. The molecule has 0 radical (unpaired) electrons. The monoisotopic (exact) mass is 249 g/mol. The van der Waals surface area contributed by atoms with Gasteiger partial charge in [-0.25, -0.2) is 4.39 Å². The highest BCUT2D eigenvalue weighted by atomic mass is 19.1. The van der Waals surface area contributed by atoms with Crippen LogP contribution < -0.4 is 5.32 Å². The van der Waals surface area contributed by atoms with Crippen molar-refractivity contribution in [2.45, 2.75) is 38.5 Å². The summed E-state index contributed by atoms with van der Waals surface area (Å²) in [6.07, 6.45) is 7.68. The summed E-state index contributed by atoms with van der Waals surface area (Å²) < 4.78 is 12.7. The van der Waals surface area contributed by atoms with Crippen LogP contribution in [-0.2, 0) is 0 Å². The smallest absolute Gasteiger partial charge is 0.251 e. The Morgan fingerprint density at radius 2 is 1.83 bits per heavy atom. The molecular formula is C15H20FNO. The fraction of sp³-hybridized carbons (Fsp3) is 0.533. The number of rotatable bonds is 4. The predicted octanol–water partition coefficient (Wildman–Crippen LogP) is 3.53. The molecule has 0 atom stereocenters. The molecule has 0 spiro atoms. The Morgan fingerprint density at radius 3 is 2.50 bits per heavy atom. The van der Waals surface area contributed by atoms with Crippen LogP contribution in [0.3, 0.4) is 0 Å². The summed E-state index contributed by atoms with van der Waals surface area (Å²) in [6, 6.07) is 5.67. The Kier molecular flexibility index (Phi) is 4.73. The SMILES string of the molecule is O=C(NCCC1CCCCC1)c1ccc(F)cc1. The standard InChI is InChI=1S/C15H20FNO/c16-14-8-6-13(7-9-14)15(18)17-11-10-12-4-2-1-3-5-12/h6-9,12H,1-5,10-11H2,(H,17,18). The van der Waals surface area contributed by atoms with E-state index in [0.717, 1.165) is 18.9 Å². The highest BCUT2D eigenvalue weighted by Crippen LogP contribution is 2.25. The molecule has 2 nitrogen and oxygen atoms in total. The van der Waals surface area contributed by atoms with Crippen molar-refractivity contribution in [3.05, 3.63) is 35.6 Å². The van der Waals surface area contributed by atoms with Crippen LogP contribution in [0.2, 0.25) is 0 Å². The van der Waals surface area contributed by atoms with E-state index >= 15 is 0 Å². The van der Waals surface area contributed by atoms with Crippen molar-refractivity contribution in [2.75, 3.05) is 6.54 Å². The molecule has 98 valence electrons. The van der Waals surface area contributed by atoms with E-state index in [1.165, 1.54) is 56.4 Å². The Labute approximate surface area is 108 Å². The van der Waals surface area contributed by atoms with Gasteiger partial charge >= 0.3 is 0 Å². The van der Waals surface area contributed by atoms with Gasteiger partial charge in [0.2, 0.25) is 0 Å². The first-order valence-electron chi connectivity index (χ1n) is 6.79. The summed E-state index contributed by atoms with van der Waals surface area (Å²) >= 11 is 0. The van der Waals surface area contributed by atoms with Crippen LogP contribution in [0.1, 0.15) is 48.9 Å². The first-order chi connectivity index (χ1) is 8.75. The minimum Gasteiger partial charge on any atom is -0.352 e. The van der Waals surface area contributed by atoms with E-state index in [1.54, 1.807) is 0 Å². The van der Waals surface area contributed by atoms with Crippen molar-refractivity contribution in [1.29, 1.82) is 0 Å². The molecular weight excluding hydrogens is 229 g/mol. The highest BCUT2D eigenvalue weighted by Gasteiger charge is 2.13. The van der Waals surface area contributed by atoms with Crippen LogP contribution >= 0.6 is 0 Å². The number of nitrogens with one attached hydrogen (secondary N) is 1. The lowest BCUT2D eigenvalue weighted by atomic mass is 9.87. The number of hydrogen-bond donors (Lipinski definition) is 1. The Balaban J connectivity index is 1.72. The molecule has 0 heterocycles. The van der Waals surface area contributed by atoms with Gasteiger partial charge in [0.05, 0.1) is 0 Å². The molecule has 1 aliphatic carbocycles. The van der Waals surface area contributed by atoms with Crippen molar-refractivity contribution in [1.82, 2.24) is 5.32 Å². The third kappa shape index (κ3) is 3.83. The van der Waals surface area contributed by atoms with Crippen LogP contribution in [0.15, 0.2) is 24.3 Å². The quantitative estimate of drug-likeness (QED) is 0.869. The molecule has 1 saturated carbocycles. The van der Waals surface area contributed by atoms with Gasteiger partial charge in [0.15, 0.2) is 0 Å². The molecule has 1 aromatic rings. The fourth-order valence-corrected chi connectivity index (χ4v) is 2.57. The van der Waals surface area contributed by atoms with Crippen molar-refractivity contribution >= 4 is 5.91 Å². The van der Waals surface area contributed by atoms with Gasteiger partial charge in [-0.1, -0.05) is 32.1 Å². The second-order valence-corrected chi connectivity index (χ2v) is 5.06. The van der Waals surface area contributed by atoms with E-state index in [-0.39, 0.29) is 11.7 Å². The van der Waals surface area contributed by atoms with Gasteiger partial charge in [-0.2, -0.15) is 0 Å². The number of halogens is 1. The molecule has 1 aromatic carbocycles. The molecule has 1 N–H and O–H groups in total. The average Bonchev–Trinajstić information content (AvgIpc) is 2.40. The van der Waals surface area contributed by atoms with Crippen molar-refractivity contribution in [2.24, 2.45) is 5.92 Å². The average molecular weight is 249 g/mol. The summed E-state index contributed by atoms with van der Waals surface area (Å²) in [7, 11) is 0. The van der Waals surface area contributed by atoms with E-state index in [9.17, 15) is 9.18 Å². The zero-order valence-corrected chi connectivity index (χ0v) is 10.6. The molecule has 0 aromatic heterocycles. The lowest BCUT2D eigenvalue weighted by Gasteiger charge is -2.21. The third-order valence-electron chi connectivity index (χ3n) is 3.67. The second kappa shape index (κ2) is 6.53. The molecule has 0 aliphatic heterocycles. The molecule has 1 aliphatic rings. The maximum absolute atomic E-state index is 12.7. The number of hydrogen-bond acceptors (Lipinski definition) is 1. The van der Waals surface area contributed by atoms with Crippen LogP contribution in [0.5, 0.6) is 0 Å². The molecule has 1 amide bonds. The topological polar surface area (TPSA) is 29.1 Å². The van der Waals surface area contributed by atoms with E-state index in [1.807, 2.05) is 0 Å². The lowest BCUT2D eigenvalue weighted by Crippen LogP contribution is -2.26. The first kappa shape index (κ1) is 13.1. The van der Waals surface area contributed by atoms with Gasteiger partial charge in [-0.3, -0.25) is 4.79 Å². The maximum atomic E-state index is 12.7. The van der Waals surface area contributed by atoms with Gasteiger partial charge in [-0.05, 0) is 36.6 Å². The predicted molar refractivity (Wildman–Crippen MR) is 69.9 cm³/mol. The van der Waals surface area contributed by atoms with Crippen molar-refractivity contribution in [3.63, 3.8) is 0 Å². The van der Waals surface area contributed by atoms with Gasteiger partial charge in [0.1, 0.15) is 5.82 Å². The number of carbonyl (C=O) groups is 1. The minimum absolute atomic E-state index is 0.106. The molecule has 0 bridgehead atoms. The number of amides is 1. The third-order valence-corrected chi connectivity index (χ3v) is 3.67.